The van der Waals surface area contributed by atoms with Gasteiger partial charge in [-0.05, 0) is 38.1 Å². The fourth-order valence-electron chi connectivity index (χ4n) is 1.88. The van der Waals surface area contributed by atoms with Gasteiger partial charge in [0.2, 0.25) is 5.91 Å². The van der Waals surface area contributed by atoms with E-state index >= 15 is 0 Å². The average molecular weight is 237 g/mol. The molecule has 0 radical (unpaired) electrons. The largest absolute Gasteiger partial charge is 0.317 e. The minimum Gasteiger partial charge on any atom is -0.317 e. The molecule has 1 amide bonds. The number of hydrogen-bond donors (Lipinski definition) is 3. The first kappa shape index (κ1) is 11.9. The molecule has 0 bridgehead atoms. The lowest BCUT2D eigenvalue weighted by molar-refractivity contribution is -0.125. The van der Waals surface area contributed by atoms with Crippen molar-refractivity contribution >= 4 is 11.6 Å². The van der Waals surface area contributed by atoms with Gasteiger partial charge in [0, 0.05) is 5.92 Å². The number of carbonyl (C=O) groups is 1. The van der Waals surface area contributed by atoms with E-state index in [1.807, 2.05) is 0 Å². The van der Waals surface area contributed by atoms with E-state index in [9.17, 15) is 9.18 Å². The molecule has 5 heteroatoms. The Morgan fingerprint density at radius 1 is 1.29 bits per heavy atom. The van der Waals surface area contributed by atoms with Crippen molar-refractivity contribution in [3.05, 3.63) is 30.1 Å². The molecule has 1 fully saturated rings. The maximum absolute atomic E-state index is 13.3. The van der Waals surface area contributed by atoms with Gasteiger partial charge in [-0.3, -0.25) is 15.6 Å². The van der Waals surface area contributed by atoms with Crippen LogP contribution in [0.3, 0.4) is 0 Å². The number of benzene rings is 1. The molecule has 1 heterocycles. The van der Waals surface area contributed by atoms with Gasteiger partial charge in [0.05, 0.1) is 5.69 Å². The Hall–Kier alpha value is -1.62. The zero-order chi connectivity index (χ0) is 12.1. The van der Waals surface area contributed by atoms with Crippen molar-refractivity contribution in [2.24, 2.45) is 5.92 Å². The first-order valence-electron chi connectivity index (χ1n) is 5.78. The van der Waals surface area contributed by atoms with Crippen LogP contribution in [0.25, 0.3) is 0 Å². The zero-order valence-electron chi connectivity index (χ0n) is 9.50. The predicted octanol–water partition coefficient (Wildman–Crippen LogP) is 1.27. The topological polar surface area (TPSA) is 53.2 Å². The normalized spacial score (nSPS) is 16.5. The number of anilines is 1. The molecule has 0 aliphatic carbocycles. The highest BCUT2D eigenvalue weighted by molar-refractivity contribution is 5.80. The SMILES string of the molecule is O=C(NNc1ccccc1F)C1CCNCC1. The molecule has 0 unspecified atom stereocenters. The molecular formula is C12H16FN3O. The Morgan fingerprint density at radius 3 is 2.71 bits per heavy atom. The standard InChI is InChI=1S/C12H16FN3O/c13-10-3-1-2-4-11(10)15-16-12(17)9-5-7-14-8-6-9/h1-4,9,14-15H,5-8H2,(H,16,17). The van der Waals surface area contributed by atoms with Crippen molar-refractivity contribution < 1.29 is 9.18 Å². The number of amides is 1. The van der Waals surface area contributed by atoms with Crippen LogP contribution in [0.1, 0.15) is 12.8 Å². The van der Waals surface area contributed by atoms with Crippen LogP contribution in [0.4, 0.5) is 10.1 Å². The molecule has 3 N–H and O–H groups in total. The summed E-state index contributed by atoms with van der Waals surface area (Å²) in [6.07, 6.45) is 1.65. The minimum absolute atomic E-state index is 0.00974. The summed E-state index contributed by atoms with van der Waals surface area (Å²) in [7, 11) is 0. The van der Waals surface area contributed by atoms with Crippen LogP contribution in [0, 0.1) is 11.7 Å². The molecule has 17 heavy (non-hydrogen) atoms. The highest BCUT2D eigenvalue weighted by Crippen LogP contribution is 2.13. The van der Waals surface area contributed by atoms with Gasteiger partial charge in [0.25, 0.3) is 0 Å². The molecule has 1 aliphatic rings. The zero-order valence-corrected chi connectivity index (χ0v) is 9.50. The molecule has 2 rings (SSSR count). The number of carbonyl (C=O) groups excluding carboxylic acids is 1. The van der Waals surface area contributed by atoms with Crippen molar-refractivity contribution in [2.75, 3.05) is 18.5 Å². The van der Waals surface area contributed by atoms with Gasteiger partial charge < -0.3 is 5.32 Å². The number of para-hydroxylation sites is 1. The lowest BCUT2D eigenvalue weighted by Gasteiger charge is -2.22. The number of rotatable bonds is 3. The first-order chi connectivity index (χ1) is 8.27. The Kier molecular flexibility index (Phi) is 3.93. The number of hydrazine groups is 1. The van der Waals surface area contributed by atoms with E-state index in [1.54, 1.807) is 18.2 Å². The van der Waals surface area contributed by atoms with Crippen LogP contribution in [-0.4, -0.2) is 19.0 Å². The fraction of sp³-hybridized carbons (Fsp3) is 0.417. The summed E-state index contributed by atoms with van der Waals surface area (Å²) in [4.78, 5) is 11.8. The molecule has 0 aromatic heterocycles. The number of piperidine rings is 1. The second kappa shape index (κ2) is 5.63. The molecule has 0 saturated carbocycles. The van der Waals surface area contributed by atoms with Gasteiger partial charge in [-0.15, -0.1) is 0 Å². The minimum atomic E-state index is -0.377. The maximum Gasteiger partial charge on any atom is 0.241 e. The third kappa shape index (κ3) is 3.17. The van der Waals surface area contributed by atoms with Crippen LogP contribution in [-0.2, 0) is 4.79 Å². The van der Waals surface area contributed by atoms with E-state index in [1.165, 1.54) is 6.07 Å². The van der Waals surface area contributed by atoms with Crippen molar-refractivity contribution in [3.63, 3.8) is 0 Å². The van der Waals surface area contributed by atoms with E-state index in [0.717, 1.165) is 25.9 Å². The van der Waals surface area contributed by atoms with Crippen molar-refractivity contribution in [1.82, 2.24) is 10.7 Å². The Bertz CT molecular complexity index is 391. The molecule has 1 saturated heterocycles. The van der Waals surface area contributed by atoms with Crippen LogP contribution in [0.15, 0.2) is 24.3 Å². The summed E-state index contributed by atoms with van der Waals surface area (Å²) in [5.41, 5.74) is 5.45. The van der Waals surface area contributed by atoms with Crippen LogP contribution < -0.4 is 16.2 Å². The number of nitrogens with one attached hydrogen (secondary N) is 3. The lowest BCUT2D eigenvalue weighted by Crippen LogP contribution is -2.40. The Labute approximate surface area is 99.6 Å². The monoisotopic (exact) mass is 237 g/mol. The van der Waals surface area contributed by atoms with E-state index in [2.05, 4.69) is 16.2 Å². The number of halogens is 1. The summed E-state index contributed by atoms with van der Waals surface area (Å²) in [5.74, 6) is -0.441. The Balaban J connectivity index is 1.85. The van der Waals surface area contributed by atoms with Crippen LogP contribution in [0.2, 0.25) is 0 Å². The van der Waals surface area contributed by atoms with Crippen molar-refractivity contribution in [1.29, 1.82) is 0 Å². The van der Waals surface area contributed by atoms with Gasteiger partial charge in [0.1, 0.15) is 5.82 Å². The summed E-state index contributed by atoms with van der Waals surface area (Å²) in [6, 6.07) is 6.24. The van der Waals surface area contributed by atoms with E-state index in [4.69, 9.17) is 0 Å². The lowest BCUT2D eigenvalue weighted by atomic mass is 9.98. The van der Waals surface area contributed by atoms with Gasteiger partial charge in [-0.2, -0.15) is 0 Å². The molecule has 0 atom stereocenters. The van der Waals surface area contributed by atoms with Crippen LogP contribution >= 0.6 is 0 Å². The third-order valence-electron chi connectivity index (χ3n) is 2.90. The van der Waals surface area contributed by atoms with Gasteiger partial charge >= 0.3 is 0 Å². The quantitative estimate of drug-likeness (QED) is 0.694. The highest BCUT2D eigenvalue weighted by Gasteiger charge is 2.20. The molecule has 1 aromatic carbocycles. The van der Waals surface area contributed by atoms with E-state index in [-0.39, 0.29) is 23.3 Å². The first-order valence-corrected chi connectivity index (χ1v) is 5.78. The smallest absolute Gasteiger partial charge is 0.241 e. The summed E-state index contributed by atoms with van der Waals surface area (Å²) in [6.45, 7) is 1.72. The Morgan fingerprint density at radius 2 is 2.00 bits per heavy atom. The van der Waals surface area contributed by atoms with E-state index in [0.29, 0.717) is 0 Å². The molecule has 4 nitrogen and oxygen atoms in total. The third-order valence-corrected chi connectivity index (χ3v) is 2.90. The predicted molar refractivity (Wildman–Crippen MR) is 63.8 cm³/mol. The second-order valence-electron chi connectivity index (χ2n) is 4.12. The van der Waals surface area contributed by atoms with Gasteiger partial charge in [-0.25, -0.2) is 4.39 Å². The van der Waals surface area contributed by atoms with E-state index < -0.39 is 0 Å². The number of hydrogen-bond acceptors (Lipinski definition) is 3. The summed E-state index contributed by atoms with van der Waals surface area (Å²) < 4.78 is 13.3. The molecule has 1 aromatic rings. The average Bonchev–Trinajstić information content (AvgIpc) is 2.38. The highest BCUT2D eigenvalue weighted by atomic mass is 19.1. The molecule has 92 valence electrons. The summed E-state index contributed by atoms with van der Waals surface area (Å²) >= 11 is 0. The molecule has 1 aliphatic heterocycles. The van der Waals surface area contributed by atoms with Crippen molar-refractivity contribution in [3.8, 4) is 0 Å². The molecule has 0 spiro atoms. The molecular weight excluding hydrogens is 221 g/mol. The fourth-order valence-corrected chi connectivity index (χ4v) is 1.88. The summed E-state index contributed by atoms with van der Waals surface area (Å²) in [5, 5.41) is 3.19. The van der Waals surface area contributed by atoms with Crippen molar-refractivity contribution in [2.45, 2.75) is 12.8 Å². The maximum atomic E-state index is 13.3. The second-order valence-corrected chi connectivity index (χ2v) is 4.12. The van der Waals surface area contributed by atoms with Gasteiger partial charge in [-0.1, -0.05) is 12.1 Å². The van der Waals surface area contributed by atoms with Crippen LogP contribution in [0.5, 0.6) is 0 Å². The van der Waals surface area contributed by atoms with Gasteiger partial charge in [0.15, 0.2) is 0 Å².